The van der Waals surface area contributed by atoms with Crippen LogP contribution in [0.5, 0.6) is 5.75 Å². The lowest BCUT2D eigenvalue weighted by Crippen LogP contribution is -2.13. The van der Waals surface area contributed by atoms with Crippen LogP contribution in [0.25, 0.3) is 4.96 Å². The molecule has 2 heterocycles. The SMILES string of the molecule is O=[N+]([O-])c1c(NCCOc2ccc(F)c(F)c2)nc2sccn12. The molecule has 2 aromatic heterocycles. The molecule has 0 saturated heterocycles. The lowest BCUT2D eigenvalue weighted by molar-refractivity contribution is -0.389. The Bertz CT molecular complexity index is 864. The molecule has 120 valence electrons. The first-order valence-electron chi connectivity index (χ1n) is 6.48. The van der Waals surface area contributed by atoms with Gasteiger partial charge in [-0.2, -0.15) is 9.38 Å². The van der Waals surface area contributed by atoms with Crippen molar-refractivity contribution < 1.29 is 18.4 Å². The quantitative estimate of drug-likeness (QED) is 0.424. The number of anilines is 1. The molecule has 1 aromatic carbocycles. The van der Waals surface area contributed by atoms with Gasteiger partial charge in [-0.3, -0.25) is 0 Å². The van der Waals surface area contributed by atoms with E-state index in [9.17, 15) is 18.9 Å². The molecule has 0 atom stereocenters. The molecule has 0 saturated carbocycles. The van der Waals surface area contributed by atoms with Crippen LogP contribution < -0.4 is 10.1 Å². The van der Waals surface area contributed by atoms with Crippen molar-refractivity contribution in [3.05, 3.63) is 51.5 Å². The Hall–Kier alpha value is -2.75. The number of nitrogens with zero attached hydrogens (tertiary/aromatic N) is 3. The van der Waals surface area contributed by atoms with Gasteiger partial charge in [0, 0.05) is 11.4 Å². The van der Waals surface area contributed by atoms with Gasteiger partial charge in [-0.15, -0.1) is 0 Å². The highest BCUT2D eigenvalue weighted by atomic mass is 32.1. The minimum atomic E-state index is -1.000. The fourth-order valence-electron chi connectivity index (χ4n) is 1.97. The van der Waals surface area contributed by atoms with Crippen LogP contribution in [0.3, 0.4) is 0 Å². The van der Waals surface area contributed by atoms with Crippen molar-refractivity contribution in [2.45, 2.75) is 0 Å². The minimum Gasteiger partial charge on any atom is -0.492 e. The summed E-state index contributed by atoms with van der Waals surface area (Å²) >= 11 is 1.28. The highest BCUT2D eigenvalue weighted by Crippen LogP contribution is 2.27. The van der Waals surface area contributed by atoms with E-state index in [0.717, 1.165) is 12.1 Å². The summed E-state index contributed by atoms with van der Waals surface area (Å²) in [5.41, 5.74) is 0. The number of rotatable bonds is 6. The molecule has 0 unspecified atom stereocenters. The monoisotopic (exact) mass is 340 g/mol. The first-order chi connectivity index (χ1) is 11.1. The molecule has 0 aliphatic carbocycles. The summed E-state index contributed by atoms with van der Waals surface area (Å²) in [4.78, 5) is 15.2. The van der Waals surface area contributed by atoms with Gasteiger partial charge in [0.05, 0.1) is 6.54 Å². The van der Waals surface area contributed by atoms with Crippen molar-refractivity contribution in [3.8, 4) is 5.75 Å². The topological polar surface area (TPSA) is 81.7 Å². The number of nitro groups is 1. The van der Waals surface area contributed by atoms with Gasteiger partial charge in [0.25, 0.3) is 4.96 Å². The van der Waals surface area contributed by atoms with Gasteiger partial charge in [0.2, 0.25) is 5.82 Å². The number of aromatic nitrogens is 2. The van der Waals surface area contributed by atoms with E-state index in [1.54, 1.807) is 11.6 Å². The van der Waals surface area contributed by atoms with E-state index in [0.29, 0.717) is 4.96 Å². The number of halogens is 2. The average Bonchev–Trinajstić information content (AvgIpc) is 3.07. The lowest BCUT2D eigenvalue weighted by Gasteiger charge is -2.07. The van der Waals surface area contributed by atoms with Crippen molar-refractivity contribution >= 4 is 27.9 Å². The van der Waals surface area contributed by atoms with Crippen LogP contribution >= 0.6 is 11.3 Å². The van der Waals surface area contributed by atoms with E-state index >= 15 is 0 Å². The van der Waals surface area contributed by atoms with Gasteiger partial charge in [0.1, 0.15) is 18.6 Å². The maximum Gasteiger partial charge on any atom is 0.372 e. The smallest absolute Gasteiger partial charge is 0.372 e. The zero-order valence-electron chi connectivity index (χ0n) is 11.5. The van der Waals surface area contributed by atoms with Crippen molar-refractivity contribution in [1.82, 2.24) is 9.38 Å². The van der Waals surface area contributed by atoms with E-state index in [-0.39, 0.29) is 30.5 Å². The molecule has 7 nitrogen and oxygen atoms in total. The van der Waals surface area contributed by atoms with E-state index in [1.807, 2.05) is 0 Å². The van der Waals surface area contributed by atoms with Crippen LogP contribution in [-0.4, -0.2) is 27.5 Å². The van der Waals surface area contributed by atoms with Crippen LogP contribution in [0, 0.1) is 21.7 Å². The number of hydrogen-bond acceptors (Lipinski definition) is 6. The van der Waals surface area contributed by atoms with Crippen LogP contribution in [0.15, 0.2) is 29.8 Å². The van der Waals surface area contributed by atoms with Gasteiger partial charge in [-0.1, -0.05) is 11.3 Å². The van der Waals surface area contributed by atoms with E-state index in [2.05, 4.69) is 10.3 Å². The predicted octanol–water partition coefficient (Wildman–Crippen LogP) is 3.07. The highest BCUT2D eigenvalue weighted by Gasteiger charge is 2.23. The summed E-state index contributed by atoms with van der Waals surface area (Å²) in [5, 5.41) is 15.6. The van der Waals surface area contributed by atoms with E-state index in [4.69, 9.17) is 4.74 Å². The predicted molar refractivity (Wildman–Crippen MR) is 80.1 cm³/mol. The number of nitrogens with one attached hydrogen (secondary N) is 1. The number of imidazole rings is 1. The van der Waals surface area contributed by atoms with Crippen LogP contribution in [0.2, 0.25) is 0 Å². The maximum atomic E-state index is 13.0. The summed E-state index contributed by atoms with van der Waals surface area (Å²) in [6, 6.07) is 3.20. The Balaban J connectivity index is 1.62. The second-order valence-corrected chi connectivity index (χ2v) is 5.32. The third kappa shape index (κ3) is 3.06. The van der Waals surface area contributed by atoms with Crippen molar-refractivity contribution in [3.63, 3.8) is 0 Å². The Labute approximate surface area is 132 Å². The summed E-state index contributed by atoms with van der Waals surface area (Å²) in [6.07, 6.45) is 1.56. The summed E-state index contributed by atoms with van der Waals surface area (Å²) in [6.45, 7) is 0.318. The molecule has 3 rings (SSSR count). The zero-order valence-corrected chi connectivity index (χ0v) is 12.3. The van der Waals surface area contributed by atoms with Gasteiger partial charge < -0.3 is 20.2 Å². The molecule has 23 heavy (non-hydrogen) atoms. The second-order valence-electron chi connectivity index (χ2n) is 4.45. The van der Waals surface area contributed by atoms with E-state index < -0.39 is 16.6 Å². The first-order valence-corrected chi connectivity index (χ1v) is 7.36. The fourth-order valence-corrected chi connectivity index (χ4v) is 2.68. The Morgan fingerprint density at radius 2 is 2.22 bits per heavy atom. The molecule has 3 aromatic rings. The average molecular weight is 340 g/mol. The molecule has 0 aliphatic heterocycles. The summed E-state index contributed by atoms with van der Waals surface area (Å²) < 4.78 is 32.4. The number of ether oxygens (including phenoxy) is 1. The van der Waals surface area contributed by atoms with Crippen molar-refractivity contribution in [1.29, 1.82) is 0 Å². The molecule has 0 fully saturated rings. The summed E-state index contributed by atoms with van der Waals surface area (Å²) in [5.74, 6) is -1.81. The molecule has 0 radical (unpaired) electrons. The van der Waals surface area contributed by atoms with Crippen molar-refractivity contribution in [2.75, 3.05) is 18.5 Å². The molecule has 0 amide bonds. The largest absolute Gasteiger partial charge is 0.492 e. The zero-order chi connectivity index (χ0) is 16.4. The molecule has 0 spiro atoms. The molecule has 1 N–H and O–H groups in total. The number of hydrogen-bond donors (Lipinski definition) is 1. The highest BCUT2D eigenvalue weighted by molar-refractivity contribution is 7.15. The molecule has 0 aliphatic rings. The normalized spacial score (nSPS) is 10.9. The summed E-state index contributed by atoms with van der Waals surface area (Å²) in [7, 11) is 0. The van der Waals surface area contributed by atoms with Crippen LogP contribution in [0.4, 0.5) is 20.4 Å². The second kappa shape index (κ2) is 6.16. The Kier molecular flexibility index (Phi) is 4.06. The molecular weight excluding hydrogens is 330 g/mol. The van der Waals surface area contributed by atoms with Crippen LogP contribution in [-0.2, 0) is 0 Å². The third-order valence-corrected chi connectivity index (χ3v) is 3.72. The van der Waals surface area contributed by atoms with E-state index in [1.165, 1.54) is 21.8 Å². The first kappa shape index (κ1) is 15.2. The van der Waals surface area contributed by atoms with Gasteiger partial charge in [-0.25, -0.2) is 8.78 Å². The Morgan fingerprint density at radius 1 is 1.39 bits per heavy atom. The molecular formula is C13H10F2N4O3S. The number of benzene rings is 1. The number of thiazole rings is 1. The lowest BCUT2D eigenvalue weighted by atomic mass is 10.3. The molecule has 0 bridgehead atoms. The fraction of sp³-hybridized carbons (Fsp3) is 0.154. The molecule has 10 heteroatoms. The minimum absolute atomic E-state index is 0.105. The van der Waals surface area contributed by atoms with Crippen LogP contribution in [0.1, 0.15) is 0 Å². The third-order valence-electron chi connectivity index (χ3n) is 2.96. The Morgan fingerprint density at radius 3 is 2.96 bits per heavy atom. The van der Waals surface area contributed by atoms with Gasteiger partial charge in [-0.05, 0) is 17.1 Å². The van der Waals surface area contributed by atoms with Gasteiger partial charge >= 0.3 is 5.82 Å². The maximum absolute atomic E-state index is 13.0. The van der Waals surface area contributed by atoms with Gasteiger partial charge in [0.15, 0.2) is 11.6 Å². The number of fused-ring (bicyclic) bond motifs is 1. The van der Waals surface area contributed by atoms with Crippen molar-refractivity contribution in [2.24, 2.45) is 0 Å². The standard InChI is InChI=1S/C13H10F2N4O3S/c14-9-2-1-8(7-10(9)15)22-5-3-16-11-12(19(20)21)18-4-6-23-13(18)17-11/h1-2,4,6-7,16H,3,5H2.